The Balaban J connectivity index is 1.45. The van der Waals surface area contributed by atoms with Crippen LogP contribution < -0.4 is 10.0 Å². The third-order valence-electron chi connectivity index (χ3n) is 5.76. The number of aliphatic carboxylic acids is 1. The lowest BCUT2D eigenvalue weighted by atomic mass is 10.1. The molecule has 1 atom stereocenters. The van der Waals surface area contributed by atoms with Gasteiger partial charge in [-0.1, -0.05) is 38.1 Å². The number of carboxylic acids is 1. The van der Waals surface area contributed by atoms with Crippen molar-refractivity contribution in [3.63, 3.8) is 0 Å². The summed E-state index contributed by atoms with van der Waals surface area (Å²) in [6.07, 6.45) is -4.51. The number of benzene rings is 3. The van der Waals surface area contributed by atoms with Gasteiger partial charge in [-0.2, -0.15) is 17.9 Å². The highest BCUT2D eigenvalue weighted by molar-refractivity contribution is 7.89. The number of sulfonamides is 1. The number of nitrogens with one attached hydrogen (secondary N) is 2. The smallest absolute Gasteiger partial charge is 0.416 e. The second kappa shape index (κ2) is 10.8. The maximum atomic E-state index is 12.9. The van der Waals surface area contributed by atoms with Gasteiger partial charge in [0.2, 0.25) is 10.0 Å². The number of carbonyl (C=O) groups excluding carboxylic acids is 1. The number of nitrogens with zero attached hydrogens (tertiary/aromatic N) is 1. The third-order valence-corrected chi connectivity index (χ3v) is 8.26. The van der Waals surface area contributed by atoms with Crippen LogP contribution in [0.1, 0.15) is 29.2 Å². The first kappa shape index (κ1) is 28.2. The van der Waals surface area contributed by atoms with Crippen molar-refractivity contribution in [2.24, 2.45) is 5.92 Å². The summed E-state index contributed by atoms with van der Waals surface area (Å²) in [6, 6.07) is 14.4. The minimum absolute atomic E-state index is 0.0152. The molecule has 1 heterocycles. The Kier molecular flexibility index (Phi) is 7.77. The van der Waals surface area contributed by atoms with E-state index in [1.165, 1.54) is 18.2 Å². The quantitative estimate of drug-likeness (QED) is 0.250. The number of aromatic nitrogens is 1. The fourth-order valence-electron chi connectivity index (χ4n) is 3.66. The Labute approximate surface area is 225 Å². The molecule has 0 fully saturated rings. The van der Waals surface area contributed by atoms with Gasteiger partial charge in [0.15, 0.2) is 5.01 Å². The van der Waals surface area contributed by atoms with E-state index in [1.807, 2.05) is 0 Å². The molecule has 1 amide bonds. The summed E-state index contributed by atoms with van der Waals surface area (Å²) in [5.41, 5.74) is 1.06. The van der Waals surface area contributed by atoms with Gasteiger partial charge in [0, 0.05) is 5.69 Å². The summed E-state index contributed by atoms with van der Waals surface area (Å²) < 4.78 is 66.7. The largest absolute Gasteiger partial charge is 0.480 e. The number of halogens is 3. The van der Waals surface area contributed by atoms with Crippen molar-refractivity contribution >= 4 is 49.1 Å². The number of hydrogen-bond donors (Lipinski definition) is 3. The molecule has 4 aromatic rings. The monoisotopic (exact) mass is 577 g/mol. The molecule has 3 N–H and O–H groups in total. The molecular weight excluding hydrogens is 555 g/mol. The van der Waals surface area contributed by atoms with Crippen molar-refractivity contribution in [1.29, 1.82) is 0 Å². The molecule has 0 bridgehead atoms. The number of rotatable bonds is 8. The van der Waals surface area contributed by atoms with Gasteiger partial charge < -0.3 is 10.4 Å². The van der Waals surface area contributed by atoms with Crippen molar-refractivity contribution < 1.29 is 36.3 Å². The van der Waals surface area contributed by atoms with Gasteiger partial charge >= 0.3 is 12.1 Å². The van der Waals surface area contributed by atoms with Crippen molar-refractivity contribution in [3.8, 4) is 11.1 Å². The second-order valence-electron chi connectivity index (χ2n) is 8.94. The van der Waals surface area contributed by atoms with Crippen LogP contribution in [0.4, 0.5) is 18.9 Å². The van der Waals surface area contributed by atoms with Crippen LogP contribution >= 0.6 is 11.3 Å². The van der Waals surface area contributed by atoms with Crippen LogP contribution in [0.15, 0.2) is 71.6 Å². The highest BCUT2D eigenvalue weighted by Crippen LogP contribution is 2.33. The number of alkyl halides is 3. The normalized spacial score (nSPS) is 13.0. The van der Waals surface area contributed by atoms with E-state index in [2.05, 4.69) is 15.0 Å². The highest BCUT2D eigenvalue weighted by Gasteiger charge is 2.31. The molecule has 13 heteroatoms. The van der Waals surface area contributed by atoms with Crippen LogP contribution in [-0.2, 0) is 21.0 Å². The molecule has 0 aliphatic heterocycles. The molecule has 0 saturated carbocycles. The van der Waals surface area contributed by atoms with E-state index in [9.17, 15) is 36.3 Å². The summed E-state index contributed by atoms with van der Waals surface area (Å²) >= 11 is 0.976. The standard InChI is InChI=1S/C26H22F3N3O5S2/c1-14(2)22(25(34)35)32-39(36,37)19-10-5-16(6-11-19)15-3-8-18(9-4-15)30-23(33)24-31-20-13-17(26(27,28)29)7-12-21(20)38-24/h3-14,22,32H,1-2H3,(H,30,33)(H,34,35)/t22-/m0/s1. The average molecular weight is 578 g/mol. The summed E-state index contributed by atoms with van der Waals surface area (Å²) in [6.45, 7) is 3.20. The molecule has 3 aromatic carbocycles. The predicted octanol–water partition coefficient (Wildman–Crippen LogP) is 5.62. The molecule has 1 aromatic heterocycles. The number of carbonyl (C=O) groups is 2. The Morgan fingerprint density at radius 2 is 1.54 bits per heavy atom. The average Bonchev–Trinajstić information content (AvgIpc) is 3.31. The van der Waals surface area contributed by atoms with Crippen molar-refractivity contribution in [2.45, 2.75) is 31.0 Å². The zero-order valence-electron chi connectivity index (χ0n) is 20.5. The van der Waals surface area contributed by atoms with E-state index >= 15 is 0 Å². The fourth-order valence-corrected chi connectivity index (χ4v) is 5.84. The third kappa shape index (κ3) is 6.44. The lowest BCUT2D eigenvalue weighted by Gasteiger charge is -2.18. The number of carboxylic acid groups (broad SMARTS) is 1. The fraction of sp³-hybridized carbons (Fsp3) is 0.192. The maximum Gasteiger partial charge on any atom is 0.416 e. The molecule has 0 unspecified atom stereocenters. The minimum Gasteiger partial charge on any atom is -0.480 e. The van der Waals surface area contributed by atoms with E-state index in [-0.39, 0.29) is 15.4 Å². The van der Waals surface area contributed by atoms with Crippen molar-refractivity contribution in [2.75, 3.05) is 5.32 Å². The molecule has 4 rings (SSSR count). The van der Waals surface area contributed by atoms with Gasteiger partial charge in [-0.15, -0.1) is 11.3 Å². The van der Waals surface area contributed by atoms with Gasteiger partial charge in [0.25, 0.3) is 5.91 Å². The first-order valence-corrected chi connectivity index (χ1v) is 13.8. The topological polar surface area (TPSA) is 125 Å². The van der Waals surface area contributed by atoms with Gasteiger partial charge in [-0.3, -0.25) is 9.59 Å². The first-order chi connectivity index (χ1) is 18.2. The number of hydrogen-bond acceptors (Lipinski definition) is 6. The molecule has 0 aliphatic carbocycles. The van der Waals surface area contributed by atoms with E-state index in [0.29, 0.717) is 16.0 Å². The maximum absolute atomic E-state index is 12.9. The van der Waals surface area contributed by atoms with Gasteiger partial charge in [0.1, 0.15) is 6.04 Å². The predicted molar refractivity (Wildman–Crippen MR) is 141 cm³/mol. The Hall–Kier alpha value is -3.81. The number of anilines is 1. The van der Waals surface area contributed by atoms with Gasteiger partial charge in [0.05, 0.1) is 20.7 Å². The molecule has 8 nitrogen and oxygen atoms in total. The first-order valence-electron chi connectivity index (χ1n) is 11.5. The van der Waals surface area contributed by atoms with Crippen LogP contribution in [0.5, 0.6) is 0 Å². The summed E-state index contributed by atoms with van der Waals surface area (Å²) in [5, 5.41) is 11.9. The van der Waals surface area contributed by atoms with Gasteiger partial charge in [-0.05, 0) is 59.5 Å². The van der Waals surface area contributed by atoms with E-state index < -0.39 is 45.6 Å². The van der Waals surface area contributed by atoms with Crippen LogP contribution in [-0.4, -0.2) is 36.4 Å². The molecule has 0 saturated heterocycles. The lowest BCUT2D eigenvalue weighted by Crippen LogP contribution is -2.44. The molecule has 0 aliphatic rings. The Bertz CT molecular complexity index is 1630. The molecule has 204 valence electrons. The van der Waals surface area contributed by atoms with Crippen LogP contribution in [0.2, 0.25) is 0 Å². The van der Waals surface area contributed by atoms with E-state index in [1.54, 1.807) is 50.2 Å². The molecule has 0 radical (unpaired) electrons. The molecular formula is C26H22F3N3O5S2. The van der Waals surface area contributed by atoms with Crippen LogP contribution in [0.3, 0.4) is 0 Å². The molecule has 0 spiro atoms. The zero-order valence-corrected chi connectivity index (χ0v) is 22.1. The number of fused-ring (bicyclic) bond motifs is 1. The summed E-state index contributed by atoms with van der Waals surface area (Å²) in [7, 11) is -4.05. The highest BCUT2D eigenvalue weighted by atomic mass is 32.2. The summed E-state index contributed by atoms with van der Waals surface area (Å²) in [4.78, 5) is 27.9. The van der Waals surface area contributed by atoms with Gasteiger partial charge in [-0.25, -0.2) is 13.4 Å². The Morgan fingerprint density at radius 1 is 0.949 bits per heavy atom. The minimum atomic E-state index is -4.51. The zero-order chi connectivity index (χ0) is 28.5. The van der Waals surface area contributed by atoms with Crippen LogP contribution in [0.25, 0.3) is 21.3 Å². The SMILES string of the molecule is CC(C)[C@H](NS(=O)(=O)c1ccc(-c2ccc(NC(=O)c3nc4cc(C(F)(F)F)ccc4s3)cc2)cc1)C(=O)O. The van der Waals surface area contributed by atoms with Crippen molar-refractivity contribution in [3.05, 3.63) is 77.3 Å². The van der Waals surface area contributed by atoms with E-state index in [4.69, 9.17) is 0 Å². The van der Waals surface area contributed by atoms with Crippen molar-refractivity contribution in [1.82, 2.24) is 9.71 Å². The second-order valence-corrected chi connectivity index (χ2v) is 11.7. The van der Waals surface area contributed by atoms with E-state index in [0.717, 1.165) is 29.0 Å². The lowest BCUT2D eigenvalue weighted by molar-refractivity contribution is -0.140. The Morgan fingerprint density at radius 3 is 2.08 bits per heavy atom. The van der Waals surface area contributed by atoms with Crippen LogP contribution in [0, 0.1) is 5.92 Å². The molecule has 39 heavy (non-hydrogen) atoms. The number of thiazole rings is 1. The summed E-state index contributed by atoms with van der Waals surface area (Å²) in [5.74, 6) is -2.29. The number of amides is 1.